The van der Waals surface area contributed by atoms with E-state index < -0.39 is 23.4 Å². The first-order chi connectivity index (χ1) is 11.3. The summed E-state index contributed by atoms with van der Waals surface area (Å²) in [6.07, 6.45) is 4.29. The summed E-state index contributed by atoms with van der Waals surface area (Å²) >= 11 is 0. The van der Waals surface area contributed by atoms with Crippen molar-refractivity contribution < 1.29 is 22.0 Å². The number of alkyl halides is 3. The van der Waals surface area contributed by atoms with Crippen LogP contribution in [0.15, 0.2) is 24.3 Å². The predicted molar refractivity (Wildman–Crippen MR) is 83.1 cm³/mol. The second-order valence-electron chi connectivity index (χ2n) is 6.13. The molecule has 0 aromatic heterocycles. The molecule has 1 saturated carbocycles. The minimum atomic E-state index is -5.06. The van der Waals surface area contributed by atoms with E-state index >= 15 is 0 Å². The Bertz CT molecular complexity index is 630. The smallest absolute Gasteiger partial charge is 0.206 e. The molecule has 0 spiro atoms. The standard InChI is InChI=1S/C19H19F5/c1-2-13-7-9-14(10-8-13)5-3-4-6-15-11-16(20)18(17(21)12-15)19(22,23)24/h3,5,11-14H,2,7-10H2,1H3/t13-,14-. The zero-order chi connectivity index (χ0) is 17.7. The zero-order valence-corrected chi connectivity index (χ0v) is 13.4. The maximum atomic E-state index is 13.4. The average Bonchev–Trinajstić information content (AvgIpc) is 2.50. The van der Waals surface area contributed by atoms with Crippen LogP contribution in [0, 0.1) is 35.3 Å². The Balaban J connectivity index is 2.03. The van der Waals surface area contributed by atoms with Crippen LogP contribution < -0.4 is 0 Å². The highest BCUT2D eigenvalue weighted by molar-refractivity contribution is 5.40. The van der Waals surface area contributed by atoms with Crippen molar-refractivity contribution >= 4 is 0 Å². The Morgan fingerprint density at radius 3 is 2.17 bits per heavy atom. The number of rotatable bonds is 2. The lowest BCUT2D eigenvalue weighted by Gasteiger charge is -2.25. The second kappa shape index (κ2) is 7.83. The van der Waals surface area contributed by atoms with Gasteiger partial charge in [-0.15, -0.1) is 0 Å². The summed E-state index contributed by atoms with van der Waals surface area (Å²) in [6, 6.07) is 1.22. The highest BCUT2D eigenvalue weighted by atomic mass is 19.4. The van der Waals surface area contributed by atoms with Crippen LogP contribution in [-0.2, 0) is 6.18 Å². The lowest BCUT2D eigenvalue weighted by molar-refractivity contribution is -0.142. The van der Waals surface area contributed by atoms with Crippen LogP contribution in [-0.4, -0.2) is 0 Å². The number of hydrogen-bond acceptors (Lipinski definition) is 0. The molecule has 130 valence electrons. The van der Waals surface area contributed by atoms with Gasteiger partial charge in [0, 0.05) is 5.56 Å². The molecular weight excluding hydrogens is 323 g/mol. The number of hydrogen-bond donors (Lipinski definition) is 0. The van der Waals surface area contributed by atoms with Crippen LogP contribution in [0.4, 0.5) is 22.0 Å². The first-order valence-electron chi connectivity index (χ1n) is 8.05. The maximum Gasteiger partial charge on any atom is 0.422 e. The monoisotopic (exact) mass is 342 g/mol. The number of benzene rings is 1. The SMILES string of the molecule is CC[C@H]1CC[C@H](C=CC#Cc2cc(F)c(C(F)(F)F)c(F)c2)CC1. The molecule has 0 unspecified atom stereocenters. The van der Waals surface area contributed by atoms with Gasteiger partial charge in [-0.05, 0) is 55.7 Å². The molecule has 1 aliphatic rings. The van der Waals surface area contributed by atoms with Gasteiger partial charge in [-0.2, -0.15) is 13.2 Å². The molecule has 0 bridgehead atoms. The Labute approximate surface area is 138 Å². The van der Waals surface area contributed by atoms with Gasteiger partial charge in [0.25, 0.3) is 0 Å². The molecule has 0 heterocycles. The Morgan fingerprint density at radius 2 is 1.67 bits per heavy atom. The highest BCUT2D eigenvalue weighted by Crippen LogP contribution is 2.34. The van der Waals surface area contributed by atoms with Crippen molar-refractivity contribution in [3.63, 3.8) is 0 Å². The van der Waals surface area contributed by atoms with Crippen LogP contribution >= 0.6 is 0 Å². The maximum absolute atomic E-state index is 13.4. The van der Waals surface area contributed by atoms with E-state index in [1.807, 2.05) is 6.08 Å². The molecular formula is C19H19F5. The first kappa shape index (κ1) is 18.5. The van der Waals surface area contributed by atoms with Gasteiger partial charge in [-0.25, -0.2) is 8.78 Å². The molecule has 2 rings (SSSR count). The van der Waals surface area contributed by atoms with Crippen molar-refractivity contribution in [1.29, 1.82) is 0 Å². The van der Waals surface area contributed by atoms with Gasteiger partial charge in [0.1, 0.15) is 17.2 Å². The lowest BCUT2D eigenvalue weighted by atomic mass is 9.81. The molecule has 0 amide bonds. The third kappa shape index (κ3) is 4.83. The van der Waals surface area contributed by atoms with Gasteiger partial charge >= 0.3 is 6.18 Å². The fourth-order valence-corrected chi connectivity index (χ4v) is 3.01. The van der Waals surface area contributed by atoms with Crippen LogP contribution in [0.2, 0.25) is 0 Å². The van der Waals surface area contributed by atoms with E-state index in [0.29, 0.717) is 18.1 Å². The molecule has 1 aliphatic carbocycles. The summed E-state index contributed by atoms with van der Waals surface area (Å²) in [5.74, 6) is 3.07. The van der Waals surface area contributed by atoms with Crippen LogP contribution in [0.3, 0.4) is 0 Å². The van der Waals surface area contributed by atoms with Crippen molar-refractivity contribution in [1.82, 2.24) is 0 Å². The van der Waals surface area contributed by atoms with Gasteiger partial charge in [-0.1, -0.05) is 31.3 Å². The summed E-state index contributed by atoms with van der Waals surface area (Å²) in [5, 5.41) is 0. The van der Waals surface area contributed by atoms with Crippen molar-refractivity contribution in [2.24, 2.45) is 11.8 Å². The Morgan fingerprint density at radius 1 is 1.08 bits per heavy atom. The molecule has 0 radical (unpaired) electrons. The molecule has 0 saturated heterocycles. The summed E-state index contributed by atoms with van der Waals surface area (Å²) in [5.41, 5.74) is -1.99. The van der Waals surface area contributed by atoms with E-state index in [1.165, 1.54) is 19.3 Å². The first-order valence-corrected chi connectivity index (χ1v) is 8.05. The fraction of sp³-hybridized carbons (Fsp3) is 0.474. The molecule has 1 aromatic carbocycles. The molecule has 0 atom stereocenters. The normalized spacial score (nSPS) is 21.6. The van der Waals surface area contributed by atoms with Crippen LogP contribution in [0.25, 0.3) is 0 Å². The van der Waals surface area contributed by atoms with E-state index in [1.54, 1.807) is 6.08 Å². The summed E-state index contributed by atoms with van der Waals surface area (Å²) in [4.78, 5) is 0. The van der Waals surface area contributed by atoms with E-state index in [4.69, 9.17) is 0 Å². The Hall–Kier alpha value is -1.83. The largest absolute Gasteiger partial charge is 0.422 e. The predicted octanol–water partition coefficient (Wildman–Crippen LogP) is 6.11. The molecule has 0 N–H and O–H groups in total. The molecule has 0 nitrogen and oxygen atoms in total. The van der Waals surface area contributed by atoms with Crippen molar-refractivity contribution in [2.45, 2.75) is 45.2 Å². The van der Waals surface area contributed by atoms with Gasteiger partial charge in [-0.3, -0.25) is 0 Å². The molecule has 1 fully saturated rings. The number of halogens is 5. The molecule has 24 heavy (non-hydrogen) atoms. The zero-order valence-electron chi connectivity index (χ0n) is 13.4. The van der Waals surface area contributed by atoms with E-state index in [2.05, 4.69) is 18.8 Å². The van der Waals surface area contributed by atoms with E-state index in [-0.39, 0.29) is 5.56 Å². The van der Waals surface area contributed by atoms with Gasteiger partial charge in [0.15, 0.2) is 0 Å². The minimum absolute atomic E-state index is 0.114. The van der Waals surface area contributed by atoms with Crippen LogP contribution in [0.5, 0.6) is 0 Å². The summed E-state index contributed by atoms with van der Waals surface area (Å²) in [7, 11) is 0. The average molecular weight is 342 g/mol. The third-order valence-corrected chi connectivity index (χ3v) is 4.46. The Kier molecular flexibility index (Phi) is 6.04. The van der Waals surface area contributed by atoms with Crippen molar-refractivity contribution in [3.05, 3.63) is 47.0 Å². The van der Waals surface area contributed by atoms with Gasteiger partial charge in [0.05, 0.1) is 0 Å². The molecule has 1 aromatic rings. The van der Waals surface area contributed by atoms with Gasteiger partial charge in [0.2, 0.25) is 0 Å². The molecule has 0 aliphatic heterocycles. The third-order valence-electron chi connectivity index (χ3n) is 4.46. The van der Waals surface area contributed by atoms with Gasteiger partial charge < -0.3 is 0 Å². The van der Waals surface area contributed by atoms with Crippen molar-refractivity contribution in [3.8, 4) is 11.8 Å². The number of allylic oxidation sites excluding steroid dienone is 2. The van der Waals surface area contributed by atoms with E-state index in [9.17, 15) is 22.0 Å². The lowest BCUT2D eigenvalue weighted by Crippen LogP contribution is -2.12. The fourth-order valence-electron chi connectivity index (χ4n) is 3.01. The highest BCUT2D eigenvalue weighted by Gasteiger charge is 2.37. The van der Waals surface area contributed by atoms with Crippen molar-refractivity contribution in [2.75, 3.05) is 0 Å². The summed E-state index contributed by atoms with van der Waals surface area (Å²) in [6.45, 7) is 2.19. The van der Waals surface area contributed by atoms with E-state index in [0.717, 1.165) is 18.8 Å². The summed E-state index contributed by atoms with van der Waals surface area (Å²) < 4.78 is 64.3. The molecule has 5 heteroatoms. The second-order valence-corrected chi connectivity index (χ2v) is 6.13. The van der Waals surface area contributed by atoms with Crippen LogP contribution in [0.1, 0.15) is 50.2 Å². The quantitative estimate of drug-likeness (QED) is 0.449. The topological polar surface area (TPSA) is 0 Å². The minimum Gasteiger partial charge on any atom is -0.206 e.